The lowest BCUT2D eigenvalue weighted by molar-refractivity contribution is 0.169. The fourth-order valence-electron chi connectivity index (χ4n) is 1.55. The third kappa shape index (κ3) is 3.14. The van der Waals surface area contributed by atoms with Crippen molar-refractivity contribution in [1.82, 2.24) is 9.46 Å². The molecule has 2 aromatic rings. The summed E-state index contributed by atoms with van der Waals surface area (Å²) in [6.45, 7) is 3.62. The zero-order valence-electron chi connectivity index (χ0n) is 11.1. The van der Waals surface area contributed by atoms with Crippen molar-refractivity contribution in [2.45, 2.75) is 13.8 Å². The van der Waals surface area contributed by atoms with E-state index in [1.54, 1.807) is 12.1 Å². The van der Waals surface area contributed by atoms with Gasteiger partial charge in [-0.3, -0.25) is 0 Å². The second kappa shape index (κ2) is 5.43. The van der Waals surface area contributed by atoms with Gasteiger partial charge < -0.3 is 10.4 Å². The molecule has 0 aliphatic carbocycles. The highest BCUT2D eigenvalue weighted by atomic mass is 16.5. The van der Waals surface area contributed by atoms with Gasteiger partial charge in [-0.1, -0.05) is 0 Å². The van der Waals surface area contributed by atoms with Crippen LogP contribution in [0.25, 0.3) is 0 Å². The van der Waals surface area contributed by atoms with Crippen LogP contribution in [0.2, 0.25) is 0 Å². The Kier molecular flexibility index (Phi) is 3.69. The lowest BCUT2D eigenvalue weighted by atomic mass is 10.3. The predicted molar refractivity (Wildman–Crippen MR) is 69.2 cm³/mol. The molecule has 2 aromatic heterocycles. The maximum absolute atomic E-state index is 11.7. The van der Waals surface area contributed by atoms with Crippen LogP contribution in [0.1, 0.15) is 11.1 Å². The number of hydrogen-bond donors (Lipinski definition) is 2. The Labute approximate surface area is 114 Å². The van der Waals surface area contributed by atoms with Crippen LogP contribution in [0, 0.1) is 13.8 Å². The summed E-state index contributed by atoms with van der Waals surface area (Å²) in [6.07, 6.45) is 2.75. The number of carbonyl (C=O) groups is 1. The largest absolute Gasteiger partial charge is 0.427 e. The molecule has 0 aliphatic heterocycles. The van der Waals surface area contributed by atoms with Crippen LogP contribution in [0.3, 0.4) is 0 Å². The summed E-state index contributed by atoms with van der Waals surface area (Å²) < 4.78 is 1.45. The van der Waals surface area contributed by atoms with Gasteiger partial charge in [0, 0.05) is 12.4 Å². The van der Waals surface area contributed by atoms with Gasteiger partial charge in [0.1, 0.15) is 0 Å². The first kappa shape index (κ1) is 13.6. The molecular formula is C13H14N4O3. The highest BCUT2D eigenvalue weighted by Crippen LogP contribution is 1.91. The summed E-state index contributed by atoms with van der Waals surface area (Å²) in [6, 6.07) is 5.59. The third-order valence-corrected chi connectivity index (χ3v) is 2.56. The first-order chi connectivity index (χ1) is 9.45. The van der Waals surface area contributed by atoms with E-state index in [-0.39, 0.29) is 11.0 Å². The van der Waals surface area contributed by atoms with Crippen LogP contribution in [-0.2, 0) is 0 Å². The summed E-state index contributed by atoms with van der Waals surface area (Å²) in [5.41, 5.74) is 1.82. The van der Waals surface area contributed by atoms with Crippen molar-refractivity contribution >= 4 is 6.03 Å². The van der Waals surface area contributed by atoms with Crippen molar-refractivity contribution in [3.8, 4) is 0 Å². The van der Waals surface area contributed by atoms with Crippen molar-refractivity contribution in [2.75, 3.05) is 0 Å². The number of carbonyl (C=O) groups excluding carboxylic acids is 1. The minimum Gasteiger partial charge on any atom is -0.427 e. The Morgan fingerprint density at radius 1 is 0.950 bits per heavy atom. The Morgan fingerprint density at radius 2 is 1.35 bits per heavy atom. The van der Waals surface area contributed by atoms with Crippen LogP contribution < -0.4 is 11.0 Å². The molecule has 2 heterocycles. The molecule has 2 amide bonds. The first-order valence-electron chi connectivity index (χ1n) is 5.86. The number of amides is 2. The average molecular weight is 274 g/mol. The Hall–Kier alpha value is -2.83. The third-order valence-electron chi connectivity index (χ3n) is 2.56. The standard InChI is InChI=1S/C13H14N4O3/c1-9-3-5-16(19)11(7-9)14-13(18)15-12-8-10(2)4-6-17(12)20/h3-8,19-20H,1-2H3. The lowest BCUT2D eigenvalue weighted by Gasteiger charge is -1.99. The molecule has 20 heavy (non-hydrogen) atoms. The summed E-state index contributed by atoms with van der Waals surface area (Å²) in [4.78, 5) is 19.1. The fourth-order valence-corrected chi connectivity index (χ4v) is 1.55. The van der Waals surface area contributed by atoms with Crippen molar-refractivity contribution in [2.24, 2.45) is 9.98 Å². The molecule has 0 spiro atoms. The van der Waals surface area contributed by atoms with Crippen molar-refractivity contribution in [3.63, 3.8) is 0 Å². The summed E-state index contributed by atoms with van der Waals surface area (Å²) in [5, 5.41) is 19.0. The minimum atomic E-state index is -0.827. The Balaban J connectivity index is 2.47. The lowest BCUT2D eigenvalue weighted by Crippen LogP contribution is -2.22. The Bertz CT molecular complexity index is 721. The molecule has 0 radical (unpaired) electrons. The van der Waals surface area contributed by atoms with E-state index < -0.39 is 6.03 Å². The van der Waals surface area contributed by atoms with Crippen LogP contribution in [0.5, 0.6) is 0 Å². The number of hydrogen-bond acceptors (Lipinski definition) is 3. The second-order valence-electron chi connectivity index (χ2n) is 4.32. The molecule has 7 nitrogen and oxygen atoms in total. The molecule has 0 bridgehead atoms. The molecular weight excluding hydrogens is 260 g/mol. The first-order valence-corrected chi connectivity index (χ1v) is 5.86. The van der Waals surface area contributed by atoms with Gasteiger partial charge in [0.15, 0.2) is 11.0 Å². The summed E-state index contributed by atoms with van der Waals surface area (Å²) in [7, 11) is 0. The maximum atomic E-state index is 11.7. The van der Waals surface area contributed by atoms with Crippen molar-refractivity contribution in [3.05, 3.63) is 58.8 Å². The van der Waals surface area contributed by atoms with Crippen LogP contribution >= 0.6 is 0 Å². The van der Waals surface area contributed by atoms with Gasteiger partial charge in [-0.05, 0) is 49.2 Å². The van der Waals surface area contributed by atoms with E-state index in [0.29, 0.717) is 0 Å². The molecule has 0 aromatic carbocycles. The van der Waals surface area contributed by atoms with Crippen LogP contribution in [0.4, 0.5) is 4.79 Å². The number of aryl methyl sites for hydroxylation is 2. The molecule has 104 valence electrons. The number of urea groups is 1. The second-order valence-corrected chi connectivity index (χ2v) is 4.32. The average Bonchev–Trinajstić information content (AvgIpc) is 2.38. The van der Waals surface area contributed by atoms with E-state index in [0.717, 1.165) is 20.6 Å². The monoisotopic (exact) mass is 274 g/mol. The molecule has 0 saturated heterocycles. The molecule has 2 rings (SSSR count). The van der Waals surface area contributed by atoms with Gasteiger partial charge in [0.05, 0.1) is 0 Å². The molecule has 2 N–H and O–H groups in total. The van der Waals surface area contributed by atoms with Gasteiger partial charge in [-0.2, -0.15) is 19.4 Å². The fraction of sp³-hybridized carbons (Fsp3) is 0.154. The van der Waals surface area contributed by atoms with E-state index in [1.807, 2.05) is 13.8 Å². The highest BCUT2D eigenvalue weighted by Gasteiger charge is 1.99. The number of nitrogens with zero attached hydrogens (tertiary/aromatic N) is 4. The van der Waals surface area contributed by atoms with Gasteiger partial charge in [0.25, 0.3) is 0 Å². The van der Waals surface area contributed by atoms with Gasteiger partial charge in [-0.15, -0.1) is 0 Å². The van der Waals surface area contributed by atoms with E-state index in [2.05, 4.69) is 9.98 Å². The van der Waals surface area contributed by atoms with E-state index >= 15 is 0 Å². The maximum Gasteiger partial charge on any atom is 0.371 e. The minimum absolute atomic E-state index is 0.0656. The van der Waals surface area contributed by atoms with Crippen molar-refractivity contribution < 1.29 is 15.2 Å². The van der Waals surface area contributed by atoms with Crippen LogP contribution in [-0.4, -0.2) is 25.9 Å². The molecule has 0 aliphatic rings. The zero-order valence-corrected chi connectivity index (χ0v) is 11.1. The van der Waals surface area contributed by atoms with Crippen molar-refractivity contribution in [1.29, 1.82) is 0 Å². The Morgan fingerprint density at radius 3 is 1.75 bits per heavy atom. The van der Waals surface area contributed by atoms with Gasteiger partial charge >= 0.3 is 6.03 Å². The topological polar surface area (TPSA) is 92.1 Å². The number of pyridine rings is 2. The highest BCUT2D eigenvalue weighted by molar-refractivity contribution is 5.75. The molecule has 0 saturated carbocycles. The molecule has 7 heteroatoms. The molecule has 0 fully saturated rings. The molecule has 0 unspecified atom stereocenters. The van der Waals surface area contributed by atoms with Crippen LogP contribution in [0.15, 0.2) is 46.6 Å². The number of rotatable bonds is 0. The summed E-state index contributed by atoms with van der Waals surface area (Å²) in [5.74, 6) is 0. The van der Waals surface area contributed by atoms with Gasteiger partial charge in [0.2, 0.25) is 0 Å². The number of aromatic nitrogens is 2. The predicted octanol–water partition coefficient (Wildman–Crippen LogP) is 1.00. The normalized spacial score (nSPS) is 12.7. The van der Waals surface area contributed by atoms with Gasteiger partial charge in [-0.25, -0.2) is 4.79 Å². The SMILES string of the molecule is Cc1ccn(O)c(=NC(=O)N=c2cc(C)ccn2O)c1. The molecule has 0 atom stereocenters. The quantitative estimate of drug-likeness (QED) is 0.702. The van der Waals surface area contributed by atoms with E-state index in [9.17, 15) is 15.2 Å². The van der Waals surface area contributed by atoms with E-state index in [1.165, 1.54) is 24.5 Å². The summed E-state index contributed by atoms with van der Waals surface area (Å²) >= 11 is 0. The smallest absolute Gasteiger partial charge is 0.371 e. The van der Waals surface area contributed by atoms with E-state index in [4.69, 9.17) is 0 Å². The zero-order chi connectivity index (χ0) is 14.7.